The highest BCUT2D eigenvalue weighted by Crippen LogP contribution is 2.43. The Morgan fingerprint density at radius 2 is 1.81 bits per heavy atom. The molecule has 2 aromatic rings. The van der Waals surface area contributed by atoms with E-state index in [0.29, 0.717) is 0 Å². The summed E-state index contributed by atoms with van der Waals surface area (Å²) in [6, 6.07) is 4.91. The predicted molar refractivity (Wildman–Crippen MR) is 84.0 cm³/mol. The van der Waals surface area contributed by atoms with E-state index in [1.807, 2.05) is 0 Å². The molecule has 10 heteroatoms. The van der Waals surface area contributed by atoms with Crippen LogP contribution in [0.4, 0.5) is 22.0 Å². The van der Waals surface area contributed by atoms with Crippen LogP contribution in [-0.2, 0) is 4.79 Å². The molecule has 0 spiro atoms. The number of alkyl halides is 3. The fourth-order valence-corrected chi connectivity index (χ4v) is 2.59. The van der Waals surface area contributed by atoms with Gasteiger partial charge in [0.25, 0.3) is 0 Å². The third-order valence-electron chi connectivity index (χ3n) is 3.58. The quantitative estimate of drug-likeness (QED) is 0.712. The lowest BCUT2D eigenvalue weighted by Crippen LogP contribution is -2.40. The van der Waals surface area contributed by atoms with Crippen molar-refractivity contribution >= 4 is 23.6 Å². The largest absolute Gasteiger partial charge is 0.478 e. The maximum atomic E-state index is 13.7. The van der Waals surface area contributed by atoms with E-state index in [2.05, 4.69) is 0 Å². The average Bonchev–Trinajstić information content (AvgIpc) is 2.56. The number of halogens is 6. The molecule has 0 fully saturated rings. The summed E-state index contributed by atoms with van der Waals surface area (Å²) >= 11 is 5.95. The summed E-state index contributed by atoms with van der Waals surface area (Å²) < 4.78 is 76.5. The molecule has 0 aromatic heterocycles. The number of hydrogen-bond donors (Lipinski definition) is 1. The van der Waals surface area contributed by atoms with Crippen LogP contribution in [0.15, 0.2) is 35.9 Å². The van der Waals surface area contributed by atoms with Crippen LogP contribution in [0.2, 0.25) is 5.02 Å². The topological polar surface area (TPSA) is 55.8 Å². The zero-order chi connectivity index (χ0) is 19.9. The molecule has 1 heterocycles. The standard InChI is InChI=1S/C17H8ClF5O4/c18-9-5-7-4-8(16(24)25)15(17(21,22)23)27-12(7)6-13(9)26-14-10(19)2-1-3-11(14)20/h1-6,15H,(H,24,25). The third kappa shape index (κ3) is 3.68. The van der Waals surface area contributed by atoms with Gasteiger partial charge in [-0.15, -0.1) is 0 Å². The van der Waals surface area contributed by atoms with Crippen LogP contribution in [0.25, 0.3) is 6.08 Å². The van der Waals surface area contributed by atoms with Crippen molar-refractivity contribution in [2.75, 3.05) is 0 Å². The molecule has 0 saturated carbocycles. The first-order valence-corrected chi connectivity index (χ1v) is 7.59. The van der Waals surface area contributed by atoms with Crippen molar-refractivity contribution in [2.45, 2.75) is 12.3 Å². The van der Waals surface area contributed by atoms with Gasteiger partial charge in [-0.2, -0.15) is 13.2 Å². The van der Waals surface area contributed by atoms with Gasteiger partial charge in [0.1, 0.15) is 11.5 Å². The van der Waals surface area contributed by atoms with Crippen molar-refractivity contribution < 1.29 is 41.3 Å². The number of carboxylic acids is 1. The van der Waals surface area contributed by atoms with Gasteiger partial charge in [-0.25, -0.2) is 13.6 Å². The van der Waals surface area contributed by atoms with E-state index in [0.717, 1.165) is 36.4 Å². The van der Waals surface area contributed by atoms with Crippen LogP contribution in [-0.4, -0.2) is 23.4 Å². The molecule has 3 rings (SSSR count). The van der Waals surface area contributed by atoms with E-state index in [-0.39, 0.29) is 16.3 Å². The SMILES string of the molecule is O=C(O)C1=Cc2cc(Cl)c(Oc3c(F)cccc3F)cc2OC1C(F)(F)F. The maximum absolute atomic E-state index is 13.7. The summed E-state index contributed by atoms with van der Waals surface area (Å²) in [7, 11) is 0. The zero-order valence-electron chi connectivity index (χ0n) is 13.0. The fourth-order valence-electron chi connectivity index (χ4n) is 2.38. The van der Waals surface area contributed by atoms with Crippen molar-refractivity contribution in [3.63, 3.8) is 0 Å². The Morgan fingerprint density at radius 1 is 1.19 bits per heavy atom. The lowest BCUT2D eigenvalue weighted by Gasteiger charge is -2.27. The van der Waals surface area contributed by atoms with Gasteiger partial charge in [0.2, 0.25) is 6.10 Å². The van der Waals surface area contributed by atoms with Crippen LogP contribution < -0.4 is 9.47 Å². The van der Waals surface area contributed by atoms with E-state index < -0.39 is 47.0 Å². The number of fused-ring (bicyclic) bond motifs is 1. The average molecular weight is 407 g/mol. The highest BCUT2D eigenvalue weighted by Gasteiger charge is 2.48. The minimum absolute atomic E-state index is 0.0562. The first kappa shape index (κ1) is 19.0. The maximum Gasteiger partial charge on any atom is 0.430 e. The van der Waals surface area contributed by atoms with Gasteiger partial charge >= 0.3 is 12.1 Å². The van der Waals surface area contributed by atoms with Crippen molar-refractivity contribution in [3.05, 3.63) is 58.1 Å². The van der Waals surface area contributed by atoms with E-state index in [9.17, 15) is 26.7 Å². The minimum atomic E-state index is -5.00. The monoisotopic (exact) mass is 406 g/mol. The second-order valence-corrected chi connectivity index (χ2v) is 5.82. The van der Waals surface area contributed by atoms with Crippen LogP contribution >= 0.6 is 11.6 Å². The van der Waals surface area contributed by atoms with Gasteiger partial charge < -0.3 is 14.6 Å². The second-order valence-electron chi connectivity index (χ2n) is 5.42. The van der Waals surface area contributed by atoms with Gasteiger partial charge in [-0.05, 0) is 24.3 Å². The lowest BCUT2D eigenvalue weighted by atomic mass is 10.0. The Balaban J connectivity index is 2.05. The Hall–Kier alpha value is -2.81. The predicted octanol–water partition coefficient (Wildman–Crippen LogP) is 5.20. The van der Waals surface area contributed by atoms with E-state index in [1.165, 1.54) is 0 Å². The third-order valence-corrected chi connectivity index (χ3v) is 3.87. The van der Waals surface area contributed by atoms with Gasteiger partial charge in [0.05, 0.1) is 10.6 Å². The zero-order valence-corrected chi connectivity index (χ0v) is 13.7. The van der Waals surface area contributed by atoms with Gasteiger partial charge in [-0.3, -0.25) is 0 Å². The molecule has 27 heavy (non-hydrogen) atoms. The Kier molecular flexibility index (Phi) is 4.73. The normalized spacial score (nSPS) is 16.2. The highest BCUT2D eigenvalue weighted by atomic mass is 35.5. The summed E-state index contributed by atoms with van der Waals surface area (Å²) in [6.07, 6.45) is -6.96. The first-order valence-electron chi connectivity index (χ1n) is 7.21. The molecular weight excluding hydrogens is 399 g/mol. The molecule has 0 radical (unpaired) electrons. The number of carbonyl (C=O) groups is 1. The molecule has 4 nitrogen and oxygen atoms in total. The Bertz CT molecular complexity index is 935. The number of benzene rings is 2. The summed E-state index contributed by atoms with van der Waals surface area (Å²) in [6.45, 7) is 0. The molecule has 0 saturated heterocycles. The summed E-state index contributed by atoms with van der Waals surface area (Å²) in [5.74, 6) is -5.49. The fraction of sp³-hybridized carbons (Fsp3) is 0.118. The Morgan fingerprint density at radius 3 is 2.37 bits per heavy atom. The number of ether oxygens (including phenoxy) is 2. The molecule has 1 unspecified atom stereocenters. The summed E-state index contributed by atoms with van der Waals surface area (Å²) in [5.41, 5.74) is -1.08. The van der Waals surface area contributed by atoms with Crippen LogP contribution in [0.5, 0.6) is 17.2 Å². The number of carboxylic acid groups (broad SMARTS) is 1. The molecule has 0 amide bonds. The number of aliphatic carboxylic acids is 1. The first-order chi connectivity index (χ1) is 12.6. The van der Waals surface area contributed by atoms with Gasteiger partial charge in [-0.1, -0.05) is 17.7 Å². The summed E-state index contributed by atoms with van der Waals surface area (Å²) in [5, 5.41) is 8.77. The van der Waals surface area contributed by atoms with Crippen LogP contribution in [0, 0.1) is 11.6 Å². The van der Waals surface area contributed by atoms with Crippen molar-refractivity contribution in [1.82, 2.24) is 0 Å². The van der Waals surface area contributed by atoms with Crippen molar-refractivity contribution in [3.8, 4) is 17.2 Å². The lowest BCUT2D eigenvalue weighted by molar-refractivity contribution is -0.187. The van der Waals surface area contributed by atoms with E-state index in [4.69, 9.17) is 26.2 Å². The number of para-hydroxylation sites is 1. The second kappa shape index (κ2) is 6.73. The number of rotatable bonds is 3. The summed E-state index contributed by atoms with van der Waals surface area (Å²) in [4.78, 5) is 11.1. The highest BCUT2D eigenvalue weighted by molar-refractivity contribution is 6.32. The van der Waals surface area contributed by atoms with E-state index >= 15 is 0 Å². The Labute approximate surface area is 153 Å². The molecule has 1 atom stereocenters. The van der Waals surface area contributed by atoms with E-state index in [1.54, 1.807) is 0 Å². The minimum Gasteiger partial charge on any atom is -0.478 e. The molecule has 142 valence electrons. The molecule has 0 aliphatic carbocycles. The molecule has 0 bridgehead atoms. The van der Waals surface area contributed by atoms with Gasteiger partial charge in [0, 0.05) is 11.6 Å². The van der Waals surface area contributed by atoms with Crippen LogP contribution in [0.3, 0.4) is 0 Å². The molecular formula is C17H8ClF5O4. The molecule has 1 aliphatic heterocycles. The molecule has 1 aliphatic rings. The molecule has 2 aromatic carbocycles. The smallest absolute Gasteiger partial charge is 0.430 e. The van der Waals surface area contributed by atoms with Crippen LogP contribution in [0.1, 0.15) is 5.56 Å². The molecule has 1 N–H and O–H groups in total. The van der Waals surface area contributed by atoms with Crippen molar-refractivity contribution in [2.24, 2.45) is 0 Å². The van der Waals surface area contributed by atoms with Gasteiger partial charge in [0.15, 0.2) is 17.4 Å². The number of hydrogen-bond acceptors (Lipinski definition) is 3. The van der Waals surface area contributed by atoms with Crippen molar-refractivity contribution in [1.29, 1.82) is 0 Å².